The van der Waals surface area contributed by atoms with E-state index in [-0.39, 0.29) is 16.5 Å². The standard InChI is InChI=1S/C11H14BrN3O2S3/c1-2-5-20(16,17)9-10(13)15-19-11(9)14-6-8-7(12)3-4-18-8/h3-4,14H,2,5-6H2,1H3,(H2,13,15). The summed E-state index contributed by atoms with van der Waals surface area (Å²) in [7, 11) is -3.38. The zero-order valence-electron chi connectivity index (χ0n) is 10.7. The van der Waals surface area contributed by atoms with Crippen LogP contribution in [0.5, 0.6) is 0 Å². The van der Waals surface area contributed by atoms with Gasteiger partial charge in [-0.1, -0.05) is 6.92 Å². The van der Waals surface area contributed by atoms with Gasteiger partial charge >= 0.3 is 0 Å². The van der Waals surface area contributed by atoms with Crippen LogP contribution in [0.2, 0.25) is 0 Å². The predicted octanol–water partition coefficient (Wildman–Crippen LogP) is 3.35. The minimum Gasteiger partial charge on any atom is -0.382 e. The highest BCUT2D eigenvalue weighted by Gasteiger charge is 2.24. The summed E-state index contributed by atoms with van der Waals surface area (Å²) in [6.45, 7) is 2.36. The minimum absolute atomic E-state index is 0.0764. The van der Waals surface area contributed by atoms with Crippen molar-refractivity contribution in [3.05, 3.63) is 20.8 Å². The fourth-order valence-electron chi connectivity index (χ4n) is 1.69. The van der Waals surface area contributed by atoms with Crippen LogP contribution in [-0.4, -0.2) is 18.5 Å². The van der Waals surface area contributed by atoms with Crippen LogP contribution in [0, 0.1) is 0 Å². The number of aromatic nitrogens is 1. The van der Waals surface area contributed by atoms with Crippen molar-refractivity contribution in [3.63, 3.8) is 0 Å². The summed E-state index contributed by atoms with van der Waals surface area (Å²) < 4.78 is 29.4. The Balaban J connectivity index is 2.24. The highest BCUT2D eigenvalue weighted by molar-refractivity contribution is 9.10. The van der Waals surface area contributed by atoms with Crippen LogP contribution in [0.25, 0.3) is 0 Å². The van der Waals surface area contributed by atoms with Gasteiger partial charge in [-0.25, -0.2) is 8.42 Å². The van der Waals surface area contributed by atoms with Crippen molar-refractivity contribution in [1.29, 1.82) is 0 Å². The van der Waals surface area contributed by atoms with Gasteiger partial charge in [-0.15, -0.1) is 11.3 Å². The Bertz CT molecular complexity index is 694. The highest BCUT2D eigenvalue weighted by atomic mass is 79.9. The average molecular weight is 396 g/mol. The van der Waals surface area contributed by atoms with E-state index in [9.17, 15) is 8.42 Å². The number of halogens is 1. The maximum absolute atomic E-state index is 12.2. The highest BCUT2D eigenvalue weighted by Crippen LogP contribution is 2.33. The third-order valence-corrected chi connectivity index (χ3v) is 7.41. The van der Waals surface area contributed by atoms with E-state index in [0.717, 1.165) is 20.9 Å². The normalized spacial score (nSPS) is 11.7. The lowest BCUT2D eigenvalue weighted by Crippen LogP contribution is -2.10. The molecule has 3 N–H and O–H groups in total. The predicted molar refractivity (Wildman–Crippen MR) is 88.2 cm³/mol. The Hall–Kier alpha value is -0.640. The number of nitrogen functional groups attached to an aromatic ring is 1. The molecule has 0 aliphatic rings. The molecule has 0 aromatic carbocycles. The Labute approximate surface area is 134 Å². The molecule has 2 rings (SSSR count). The summed E-state index contributed by atoms with van der Waals surface area (Å²) in [5.41, 5.74) is 5.71. The largest absolute Gasteiger partial charge is 0.382 e. The molecule has 0 spiro atoms. The van der Waals surface area contributed by atoms with Crippen LogP contribution < -0.4 is 11.1 Å². The van der Waals surface area contributed by atoms with Crippen molar-refractivity contribution in [3.8, 4) is 0 Å². The Kier molecular flexibility index (Phi) is 5.05. The van der Waals surface area contributed by atoms with Gasteiger partial charge in [-0.2, -0.15) is 4.37 Å². The van der Waals surface area contributed by atoms with E-state index in [2.05, 4.69) is 25.6 Å². The van der Waals surface area contributed by atoms with Crippen molar-refractivity contribution in [2.75, 3.05) is 16.8 Å². The maximum Gasteiger partial charge on any atom is 0.185 e. The number of nitrogens with zero attached hydrogens (tertiary/aromatic N) is 1. The molecule has 0 aliphatic heterocycles. The number of hydrogen-bond acceptors (Lipinski definition) is 7. The van der Waals surface area contributed by atoms with Crippen LogP contribution in [-0.2, 0) is 16.4 Å². The van der Waals surface area contributed by atoms with E-state index < -0.39 is 9.84 Å². The number of anilines is 2. The molecule has 0 saturated heterocycles. The van der Waals surface area contributed by atoms with Crippen LogP contribution in [0.15, 0.2) is 20.8 Å². The third kappa shape index (κ3) is 3.33. The van der Waals surface area contributed by atoms with E-state index in [0.29, 0.717) is 18.0 Å². The molecular formula is C11H14BrN3O2S3. The van der Waals surface area contributed by atoms with E-state index in [1.54, 1.807) is 11.3 Å². The first-order valence-corrected chi connectivity index (χ1v) is 9.99. The first kappa shape index (κ1) is 15.7. The third-order valence-electron chi connectivity index (χ3n) is 2.56. The van der Waals surface area contributed by atoms with Crippen LogP contribution in [0.4, 0.5) is 10.8 Å². The molecule has 9 heteroatoms. The quantitative estimate of drug-likeness (QED) is 0.782. The van der Waals surface area contributed by atoms with Crippen LogP contribution in [0.1, 0.15) is 18.2 Å². The van der Waals surface area contributed by atoms with Crippen molar-refractivity contribution >= 4 is 59.5 Å². The number of hydrogen-bond donors (Lipinski definition) is 2. The molecule has 5 nitrogen and oxygen atoms in total. The summed E-state index contributed by atoms with van der Waals surface area (Å²) in [5, 5.41) is 5.60. The van der Waals surface area contributed by atoms with Crippen molar-refractivity contribution in [2.45, 2.75) is 24.8 Å². The molecule has 0 atom stereocenters. The summed E-state index contributed by atoms with van der Waals surface area (Å²) in [4.78, 5) is 1.23. The van der Waals surface area contributed by atoms with E-state index in [1.165, 1.54) is 0 Å². The molecular weight excluding hydrogens is 382 g/mol. The van der Waals surface area contributed by atoms with Crippen molar-refractivity contribution in [1.82, 2.24) is 4.37 Å². The fraction of sp³-hybridized carbons (Fsp3) is 0.364. The summed E-state index contributed by atoms with van der Waals surface area (Å²) >= 11 is 6.12. The maximum atomic E-state index is 12.2. The SMILES string of the molecule is CCCS(=O)(=O)c1c(N)nsc1NCc1sccc1Br. The zero-order valence-corrected chi connectivity index (χ0v) is 14.8. The Morgan fingerprint density at radius 3 is 2.85 bits per heavy atom. The molecule has 0 amide bonds. The summed E-state index contributed by atoms with van der Waals surface area (Å²) in [6, 6.07) is 1.96. The Morgan fingerprint density at radius 1 is 1.50 bits per heavy atom. The summed E-state index contributed by atoms with van der Waals surface area (Å²) in [5.74, 6) is 0.156. The molecule has 2 aromatic rings. The number of rotatable bonds is 6. The molecule has 2 aromatic heterocycles. The van der Waals surface area contributed by atoms with Gasteiger partial charge in [0.05, 0.1) is 12.3 Å². The lowest BCUT2D eigenvalue weighted by atomic mass is 10.4. The van der Waals surface area contributed by atoms with Gasteiger partial charge in [0.2, 0.25) is 0 Å². The number of thiophene rings is 1. The van der Waals surface area contributed by atoms with Crippen LogP contribution >= 0.6 is 38.8 Å². The van der Waals surface area contributed by atoms with Gasteiger partial charge in [-0.05, 0) is 45.3 Å². The number of sulfone groups is 1. The van der Waals surface area contributed by atoms with E-state index in [4.69, 9.17) is 5.73 Å². The monoisotopic (exact) mass is 395 g/mol. The van der Waals surface area contributed by atoms with Gasteiger partial charge in [0, 0.05) is 9.35 Å². The molecule has 0 unspecified atom stereocenters. The number of nitrogens with two attached hydrogens (primary N) is 1. The van der Waals surface area contributed by atoms with Gasteiger partial charge in [0.1, 0.15) is 9.90 Å². The molecule has 110 valence electrons. The first-order valence-electron chi connectivity index (χ1n) is 5.89. The van der Waals surface area contributed by atoms with Gasteiger partial charge in [0.15, 0.2) is 15.7 Å². The molecule has 0 fully saturated rings. The second-order valence-corrected chi connectivity index (χ2v) is 8.76. The molecule has 0 aliphatic carbocycles. The van der Waals surface area contributed by atoms with Gasteiger partial charge in [0.25, 0.3) is 0 Å². The molecule has 0 saturated carbocycles. The topological polar surface area (TPSA) is 85.1 Å². The first-order chi connectivity index (χ1) is 9.45. The van der Waals surface area contributed by atoms with Crippen LogP contribution in [0.3, 0.4) is 0 Å². The molecule has 0 radical (unpaired) electrons. The number of nitrogens with one attached hydrogen (secondary N) is 1. The summed E-state index contributed by atoms with van der Waals surface area (Å²) in [6.07, 6.45) is 0.549. The average Bonchev–Trinajstić information content (AvgIpc) is 2.93. The minimum atomic E-state index is -3.38. The second-order valence-electron chi connectivity index (χ2n) is 4.09. The lowest BCUT2D eigenvalue weighted by Gasteiger charge is -2.07. The molecule has 20 heavy (non-hydrogen) atoms. The fourth-order valence-corrected chi connectivity index (χ4v) is 5.74. The van der Waals surface area contributed by atoms with E-state index >= 15 is 0 Å². The zero-order chi connectivity index (χ0) is 14.8. The van der Waals surface area contributed by atoms with Crippen molar-refractivity contribution < 1.29 is 8.42 Å². The smallest absolute Gasteiger partial charge is 0.185 e. The Morgan fingerprint density at radius 2 is 2.25 bits per heavy atom. The lowest BCUT2D eigenvalue weighted by molar-refractivity contribution is 0.595. The second kappa shape index (κ2) is 6.42. The van der Waals surface area contributed by atoms with Gasteiger partial charge < -0.3 is 11.1 Å². The van der Waals surface area contributed by atoms with Crippen molar-refractivity contribution in [2.24, 2.45) is 0 Å². The van der Waals surface area contributed by atoms with E-state index in [1.807, 2.05) is 18.4 Å². The molecule has 2 heterocycles. The van der Waals surface area contributed by atoms with Gasteiger partial charge in [-0.3, -0.25) is 0 Å². The molecule has 0 bridgehead atoms.